The number of esters is 4. The van der Waals surface area contributed by atoms with Crippen molar-refractivity contribution < 1.29 is 80.7 Å². The van der Waals surface area contributed by atoms with E-state index in [-0.39, 0.29) is 31.6 Å². The smallest absolute Gasteiger partial charge is 0.345 e. The molecule has 1 saturated carbocycles. The summed E-state index contributed by atoms with van der Waals surface area (Å²) in [6.45, 7) is 13.5. The van der Waals surface area contributed by atoms with Crippen LogP contribution in [0, 0.1) is 5.92 Å². The summed E-state index contributed by atoms with van der Waals surface area (Å²) < 4.78 is 64.9. The first-order valence-corrected chi connectivity index (χ1v) is 28.7. The van der Waals surface area contributed by atoms with Crippen molar-refractivity contribution in [2.24, 2.45) is 5.92 Å². The van der Waals surface area contributed by atoms with Gasteiger partial charge in [-0.3, -0.25) is 19.2 Å². The molecule has 0 bridgehead atoms. The summed E-state index contributed by atoms with van der Waals surface area (Å²) in [5.41, 5.74) is -1.52. The number of nitrogens with one attached hydrogen (secondary N) is 1. The highest BCUT2D eigenvalue weighted by Crippen LogP contribution is 2.37. The summed E-state index contributed by atoms with van der Waals surface area (Å²) in [5, 5.41) is 13.1. The summed E-state index contributed by atoms with van der Waals surface area (Å²) in [4.78, 5) is 114. The number of rotatable bonds is 29. The molecule has 82 heavy (non-hydrogen) atoms. The molecular formula is C61H88F2N4O15. The number of nitrogens with zero attached hydrogens (tertiary/aromatic N) is 3. The van der Waals surface area contributed by atoms with E-state index >= 15 is 8.78 Å². The van der Waals surface area contributed by atoms with Crippen LogP contribution in [0.2, 0.25) is 0 Å². The third kappa shape index (κ3) is 19.3. The van der Waals surface area contributed by atoms with Gasteiger partial charge in [0.25, 0.3) is 17.7 Å². The molecule has 2 saturated heterocycles. The Bertz CT molecular complexity index is 2500. The van der Waals surface area contributed by atoms with E-state index in [0.29, 0.717) is 56.7 Å². The standard InChI is InChI=1S/C61H88F2N4O15/c1-37(2)33-46(55(73)79-38(3)51(68)66(11)48(36-60(7,8)63)57(75)82-50(54(71)72)34-41-15-20-43(21-16-41)45-25-31-78-32-26-45)65(10)53(70)49(22-17-40-13-18-42(19-14-40)44-23-29-77-30-24-44)81-56(74)47(35-59(5,6)62)67(12)52(69)39(4)80-58(76)61(64-9)27-28-61/h13-16,18-21,37-39,44-50,64H,17,22-36H2,1-12H3,(H,71,72)/t38-,39-,46+,47+,48+,49-,50-/m1/s1. The highest BCUT2D eigenvalue weighted by atomic mass is 19.1. The number of likely N-dealkylation sites (N-methyl/N-ethyl adjacent to an activating group) is 4. The Hall–Kier alpha value is -6.06. The van der Waals surface area contributed by atoms with Crippen LogP contribution in [0.15, 0.2) is 48.5 Å². The summed E-state index contributed by atoms with van der Waals surface area (Å²) in [6, 6.07) is 10.4. The van der Waals surface area contributed by atoms with Crippen LogP contribution in [0.25, 0.3) is 0 Å². The lowest BCUT2D eigenvalue weighted by Crippen LogP contribution is -2.54. The number of aliphatic carboxylic acids is 1. The lowest BCUT2D eigenvalue weighted by molar-refractivity contribution is -0.175. The maximum Gasteiger partial charge on any atom is 0.345 e. The fourth-order valence-electron chi connectivity index (χ4n) is 10.4. The number of carbonyl (C=O) groups excluding carboxylic acids is 7. The number of hydrogen-bond donors (Lipinski definition) is 2. The number of alkyl halides is 2. The monoisotopic (exact) mass is 1150 g/mol. The van der Waals surface area contributed by atoms with E-state index in [9.17, 15) is 43.5 Å². The molecule has 5 rings (SSSR count). The molecule has 2 aliphatic heterocycles. The van der Waals surface area contributed by atoms with Crippen LogP contribution < -0.4 is 5.32 Å². The molecule has 2 N–H and O–H groups in total. The first-order valence-electron chi connectivity index (χ1n) is 28.7. The molecule has 7 atom stereocenters. The molecule has 3 fully saturated rings. The average Bonchev–Trinajstić information content (AvgIpc) is 4.36. The second-order valence-corrected chi connectivity index (χ2v) is 24.0. The number of benzene rings is 2. The maximum atomic E-state index is 15.6. The number of carboxylic acids is 1. The van der Waals surface area contributed by atoms with Gasteiger partial charge in [-0.1, -0.05) is 62.4 Å². The van der Waals surface area contributed by atoms with Crippen molar-refractivity contribution in [2.75, 3.05) is 54.6 Å². The third-order valence-corrected chi connectivity index (χ3v) is 15.7. The number of aryl methyl sites for hydroxylation is 1. The number of ether oxygens (including phenoxy) is 6. The molecule has 0 radical (unpaired) electrons. The van der Waals surface area contributed by atoms with Gasteiger partial charge in [0.2, 0.25) is 6.10 Å². The lowest BCUT2D eigenvalue weighted by Gasteiger charge is -2.35. The van der Waals surface area contributed by atoms with Gasteiger partial charge in [-0.25, -0.2) is 28.0 Å². The molecule has 3 aliphatic rings. The summed E-state index contributed by atoms with van der Waals surface area (Å²) in [7, 11) is 5.33. The quantitative estimate of drug-likeness (QED) is 0.0618. The Morgan fingerprint density at radius 3 is 1.41 bits per heavy atom. The Balaban J connectivity index is 1.36. The Morgan fingerprint density at radius 2 is 1.01 bits per heavy atom. The largest absolute Gasteiger partial charge is 0.478 e. The molecule has 456 valence electrons. The summed E-state index contributed by atoms with van der Waals surface area (Å²) in [6.07, 6.45) is -3.31. The van der Waals surface area contributed by atoms with Crippen LogP contribution in [-0.2, 0) is 79.6 Å². The number of halogens is 2. The average molecular weight is 1160 g/mol. The second kappa shape index (κ2) is 29.5. The van der Waals surface area contributed by atoms with E-state index in [0.717, 1.165) is 57.1 Å². The zero-order valence-corrected chi connectivity index (χ0v) is 50.0. The van der Waals surface area contributed by atoms with Crippen molar-refractivity contribution in [3.63, 3.8) is 0 Å². The zero-order valence-electron chi connectivity index (χ0n) is 50.0. The van der Waals surface area contributed by atoms with Gasteiger partial charge in [-0.05, 0) is 146 Å². The van der Waals surface area contributed by atoms with E-state index in [1.807, 2.05) is 36.4 Å². The van der Waals surface area contributed by atoms with Gasteiger partial charge in [0, 0.05) is 66.8 Å². The van der Waals surface area contributed by atoms with Crippen LogP contribution >= 0.6 is 0 Å². The van der Waals surface area contributed by atoms with Crippen molar-refractivity contribution >= 4 is 47.6 Å². The normalized spacial score (nSPS) is 18.3. The Morgan fingerprint density at radius 1 is 0.610 bits per heavy atom. The molecule has 3 amide bonds. The van der Waals surface area contributed by atoms with E-state index in [1.54, 1.807) is 33.0 Å². The zero-order chi connectivity index (χ0) is 60.9. The molecular weight excluding hydrogens is 1070 g/mol. The van der Waals surface area contributed by atoms with Crippen molar-refractivity contribution in [3.05, 3.63) is 70.8 Å². The first kappa shape index (κ1) is 66.7. The Labute approximate surface area is 481 Å². The van der Waals surface area contributed by atoms with E-state index < -0.39 is 120 Å². The molecule has 0 spiro atoms. The molecule has 1 aliphatic carbocycles. The molecule has 2 aromatic carbocycles. The fraction of sp³-hybridized carbons (Fsp3) is 0.672. The van der Waals surface area contributed by atoms with Gasteiger partial charge in [0.1, 0.15) is 35.0 Å². The fourth-order valence-corrected chi connectivity index (χ4v) is 10.4. The van der Waals surface area contributed by atoms with E-state index in [2.05, 4.69) is 5.32 Å². The molecule has 2 heterocycles. The van der Waals surface area contributed by atoms with Crippen molar-refractivity contribution in [1.29, 1.82) is 0 Å². The van der Waals surface area contributed by atoms with Gasteiger partial charge in [-0.15, -0.1) is 0 Å². The van der Waals surface area contributed by atoms with E-state index in [1.165, 1.54) is 62.7 Å². The molecule has 0 aromatic heterocycles. The first-order chi connectivity index (χ1) is 38.4. The second-order valence-electron chi connectivity index (χ2n) is 24.0. The minimum Gasteiger partial charge on any atom is -0.478 e. The number of hydrogen-bond acceptors (Lipinski definition) is 15. The van der Waals surface area contributed by atoms with Gasteiger partial charge in [0.15, 0.2) is 18.3 Å². The van der Waals surface area contributed by atoms with Crippen LogP contribution in [0.4, 0.5) is 8.78 Å². The van der Waals surface area contributed by atoms with Crippen molar-refractivity contribution in [3.8, 4) is 0 Å². The predicted molar refractivity (Wildman–Crippen MR) is 299 cm³/mol. The summed E-state index contributed by atoms with van der Waals surface area (Å²) >= 11 is 0. The highest BCUT2D eigenvalue weighted by Gasteiger charge is 2.51. The summed E-state index contributed by atoms with van der Waals surface area (Å²) in [5.74, 6) is -7.84. The SMILES string of the molecule is CNC1(C(=O)O[C@H](C)C(=O)N(C)[C@@H](CC(C)(C)F)C(=O)O[C@H](CCc2ccc(C3CCOCC3)cc2)C(=O)N(C)[C@@H](CC(C)C)C(=O)O[C@H](C)C(=O)N(C)[C@@H](CC(C)(C)F)C(=O)O[C@H](Cc2ccc(C3CCOCC3)cc2)C(=O)O)CC1. The molecule has 2 aromatic rings. The van der Waals surface area contributed by atoms with Gasteiger partial charge in [0.05, 0.1) is 0 Å². The minimum atomic E-state index is -2.08. The Kier molecular flexibility index (Phi) is 24.0. The van der Waals surface area contributed by atoms with Gasteiger partial charge >= 0.3 is 29.8 Å². The number of amides is 3. The van der Waals surface area contributed by atoms with Crippen LogP contribution in [0.1, 0.15) is 154 Å². The van der Waals surface area contributed by atoms with Crippen LogP contribution in [-0.4, -0.2) is 181 Å². The molecule has 21 heteroatoms. The predicted octanol–water partition coefficient (Wildman–Crippen LogP) is 6.98. The number of carboxylic acid groups (broad SMARTS) is 1. The topological polar surface area (TPSA) is 234 Å². The van der Waals surface area contributed by atoms with Crippen LogP contribution in [0.3, 0.4) is 0 Å². The van der Waals surface area contributed by atoms with E-state index in [4.69, 9.17) is 28.4 Å². The lowest BCUT2D eigenvalue weighted by atomic mass is 9.90. The molecule has 19 nitrogen and oxygen atoms in total. The molecule has 0 unspecified atom stereocenters. The van der Waals surface area contributed by atoms with Crippen molar-refractivity contribution in [1.82, 2.24) is 20.0 Å². The van der Waals surface area contributed by atoms with Crippen molar-refractivity contribution in [2.45, 2.75) is 204 Å². The van der Waals surface area contributed by atoms with Crippen LogP contribution in [0.5, 0.6) is 0 Å². The number of carbonyl (C=O) groups is 8. The third-order valence-electron chi connectivity index (χ3n) is 15.7. The highest BCUT2D eigenvalue weighted by molar-refractivity contribution is 5.93. The van der Waals surface area contributed by atoms with Gasteiger partial charge < -0.3 is 53.5 Å². The maximum absolute atomic E-state index is 15.6. The van der Waals surface area contributed by atoms with Gasteiger partial charge in [-0.2, -0.15) is 0 Å². The minimum absolute atomic E-state index is 0.0205.